The quantitative estimate of drug-likeness (QED) is 0.405. The molecule has 1 aromatic heterocycles. The standard InChI is InChI=1S/C29H29ClF2N4O4/c1-2-40-29(39)27-20-9-4-6-13-23(20)36(34-27)16-25(37)35-15-17(31)14-24(35)28(38)33-22-12-7-10-19(26(22)32)18-8-3-5-11-21(18)30/h3,5,7-8,10-12,17,24H,2,4,6,9,13-16H2,1H3,(H,33,38). The zero-order valence-corrected chi connectivity index (χ0v) is 22.7. The third-order valence-electron chi connectivity index (χ3n) is 7.30. The maximum Gasteiger partial charge on any atom is 0.359 e. The van der Waals surface area contributed by atoms with Gasteiger partial charge in [-0.15, -0.1) is 0 Å². The number of nitrogens with one attached hydrogen (secondary N) is 1. The number of likely N-dealkylation sites (tertiary alicyclic amines) is 1. The van der Waals surface area contributed by atoms with E-state index >= 15 is 4.39 Å². The summed E-state index contributed by atoms with van der Waals surface area (Å²) in [5.41, 5.74) is 2.30. The zero-order chi connectivity index (χ0) is 28.4. The third-order valence-corrected chi connectivity index (χ3v) is 7.63. The monoisotopic (exact) mass is 570 g/mol. The maximum atomic E-state index is 15.4. The van der Waals surface area contributed by atoms with E-state index in [1.54, 1.807) is 43.3 Å². The smallest absolute Gasteiger partial charge is 0.359 e. The molecule has 0 saturated carbocycles. The van der Waals surface area contributed by atoms with E-state index in [1.165, 1.54) is 10.7 Å². The molecule has 1 saturated heterocycles. The van der Waals surface area contributed by atoms with Gasteiger partial charge in [0.15, 0.2) is 11.5 Å². The van der Waals surface area contributed by atoms with Crippen LogP contribution in [0.4, 0.5) is 14.5 Å². The molecular formula is C29H29ClF2N4O4. The number of fused-ring (bicyclic) bond motifs is 1. The minimum absolute atomic E-state index is 0.0997. The molecular weight excluding hydrogens is 542 g/mol. The van der Waals surface area contributed by atoms with E-state index in [0.29, 0.717) is 23.4 Å². The number of carbonyl (C=O) groups is 3. The molecule has 1 aliphatic heterocycles. The van der Waals surface area contributed by atoms with Crippen LogP contribution >= 0.6 is 11.6 Å². The van der Waals surface area contributed by atoms with Crippen molar-refractivity contribution in [1.29, 1.82) is 0 Å². The van der Waals surface area contributed by atoms with E-state index in [0.717, 1.165) is 29.0 Å². The molecule has 8 nitrogen and oxygen atoms in total. The normalized spacial score (nSPS) is 18.4. The van der Waals surface area contributed by atoms with Crippen molar-refractivity contribution in [3.8, 4) is 11.1 Å². The zero-order valence-electron chi connectivity index (χ0n) is 22.0. The summed E-state index contributed by atoms with van der Waals surface area (Å²) in [4.78, 5) is 40.2. The minimum Gasteiger partial charge on any atom is -0.461 e. The Bertz CT molecular complexity index is 1460. The molecule has 210 valence electrons. The SMILES string of the molecule is CCOC(=O)c1nn(CC(=O)N2CC(F)CC2C(=O)Nc2cccc(-c3ccccc3Cl)c2F)c2c1CCCC2. The second kappa shape index (κ2) is 11.8. The van der Waals surface area contributed by atoms with Gasteiger partial charge < -0.3 is 15.0 Å². The molecule has 2 aliphatic rings. The second-order valence-electron chi connectivity index (χ2n) is 9.89. The topological polar surface area (TPSA) is 93.5 Å². The molecule has 2 unspecified atom stereocenters. The number of benzene rings is 2. The van der Waals surface area contributed by atoms with Crippen molar-refractivity contribution in [2.24, 2.45) is 0 Å². The molecule has 3 aromatic rings. The van der Waals surface area contributed by atoms with E-state index < -0.39 is 35.8 Å². The van der Waals surface area contributed by atoms with Crippen LogP contribution in [0.5, 0.6) is 0 Å². The molecule has 0 radical (unpaired) electrons. The summed E-state index contributed by atoms with van der Waals surface area (Å²) in [7, 11) is 0. The van der Waals surface area contributed by atoms with Gasteiger partial charge in [0.2, 0.25) is 11.8 Å². The summed E-state index contributed by atoms with van der Waals surface area (Å²) >= 11 is 6.24. The number of carbonyl (C=O) groups excluding carboxylic acids is 3. The van der Waals surface area contributed by atoms with Gasteiger partial charge in [-0.1, -0.05) is 41.9 Å². The van der Waals surface area contributed by atoms with Crippen LogP contribution in [0.3, 0.4) is 0 Å². The van der Waals surface area contributed by atoms with Crippen molar-refractivity contribution in [3.63, 3.8) is 0 Å². The molecule has 1 aliphatic carbocycles. The molecule has 0 bridgehead atoms. The Morgan fingerprint density at radius 3 is 2.62 bits per heavy atom. The van der Waals surface area contributed by atoms with Gasteiger partial charge in [0.25, 0.3) is 0 Å². The summed E-state index contributed by atoms with van der Waals surface area (Å²) < 4.78 is 36.6. The van der Waals surface area contributed by atoms with Crippen molar-refractivity contribution in [2.45, 2.75) is 57.8 Å². The van der Waals surface area contributed by atoms with Crippen molar-refractivity contribution in [1.82, 2.24) is 14.7 Å². The van der Waals surface area contributed by atoms with Gasteiger partial charge in [-0.25, -0.2) is 13.6 Å². The average Bonchev–Trinajstić information content (AvgIpc) is 3.51. The van der Waals surface area contributed by atoms with Crippen LogP contribution in [0.1, 0.15) is 47.9 Å². The van der Waals surface area contributed by atoms with E-state index in [9.17, 15) is 18.8 Å². The lowest BCUT2D eigenvalue weighted by molar-refractivity contribution is -0.137. The van der Waals surface area contributed by atoms with E-state index in [1.807, 2.05) is 0 Å². The maximum absolute atomic E-state index is 15.4. The minimum atomic E-state index is -1.42. The van der Waals surface area contributed by atoms with Crippen LogP contribution in [0.15, 0.2) is 42.5 Å². The van der Waals surface area contributed by atoms with Crippen molar-refractivity contribution in [2.75, 3.05) is 18.5 Å². The summed E-state index contributed by atoms with van der Waals surface area (Å²) in [5, 5.41) is 7.26. The van der Waals surface area contributed by atoms with Crippen LogP contribution in [0.2, 0.25) is 5.02 Å². The Morgan fingerprint density at radius 1 is 1.10 bits per heavy atom. The van der Waals surface area contributed by atoms with Crippen LogP contribution in [0.25, 0.3) is 11.1 Å². The number of aromatic nitrogens is 2. The molecule has 2 amide bonds. The van der Waals surface area contributed by atoms with Crippen LogP contribution in [-0.2, 0) is 33.7 Å². The first-order chi connectivity index (χ1) is 19.3. The molecule has 2 heterocycles. The lowest BCUT2D eigenvalue weighted by Crippen LogP contribution is -2.44. The van der Waals surface area contributed by atoms with Crippen molar-refractivity contribution >= 4 is 35.1 Å². The fraction of sp³-hybridized carbons (Fsp3) is 0.379. The summed E-state index contributed by atoms with van der Waals surface area (Å²) in [6.45, 7) is 1.38. The van der Waals surface area contributed by atoms with Gasteiger partial charge in [0, 0.05) is 33.8 Å². The lowest BCUT2D eigenvalue weighted by Gasteiger charge is -2.24. The Balaban J connectivity index is 1.35. The lowest BCUT2D eigenvalue weighted by atomic mass is 9.95. The third kappa shape index (κ3) is 5.45. The number of anilines is 1. The predicted octanol–water partition coefficient (Wildman–Crippen LogP) is 4.98. The van der Waals surface area contributed by atoms with Crippen LogP contribution < -0.4 is 5.32 Å². The molecule has 2 aromatic carbocycles. The number of hydrogen-bond acceptors (Lipinski definition) is 5. The van der Waals surface area contributed by atoms with Gasteiger partial charge in [0.1, 0.15) is 18.8 Å². The highest BCUT2D eigenvalue weighted by molar-refractivity contribution is 6.33. The van der Waals surface area contributed by atoms with Crippen molar-refractivity contribution < 1.29 is 27.9 Å². The molecule has 11 heteroatoms. The molecule has 40 heavy (non-hydrogen) atoms. The van der Waals surface area contributed by atoms with Gasteiger partial charge in [-0.2, -0.15) is 5.10 Å². The summed E-state index contributed by atoms with van der Waals surface area (Å²) in [6, 6.07) is 10.1. The fourth-order valence-electron chi connectivity index (χ4n) is 5.43. The highest BCUT2D eigenvalue weighted by Gasteiger charge is 2.40. The van der Waals surface area contributed by atoms with Gasteiger partial charge >= 0.3 is 5.97 Å². The number of amides is 2. The number of rotatable bonds is 7. The fourth-order valence-corrected chi connectivity index (χ4v) is 5.66. The molecule has 2 atom stereocenters. The van der Waals surface area contributed by atoms with Gasteiger partial charge in [0.05, 0.1) is 18.8 Å². The average molecular weight is 571 g/mol. The highest BCUT2D eigenvalue weighted by atomic mass is 35.5. The van der Waals surface area contributed by atoms with E-state index in [4.69, 9.17) is 16.3 Å². The molecule has 5 rings (SSSR count). The molecule has 1 N–H and O–H groups in total. The van der Waals surface area contributed by atoms with E-state index in [-0.39, 0.29) is 43.1 Å². The molecule has 1 fully saturated rings. The van der Waals surface area contributed by atoms with Crippen molar-refractivity contribution in [3.05, 3.63) is 70.3 Å². The number of alkyl halides is 1. The largest absolute Gasteiger partial charge is 0.461 e. The van der Waals surface area contributed by atoms with Crippen LogP contribution in [-0.4, -0.2) is 57.8 Å². The number of esters is 1. The first kappa shape index (κ1) is 27.8. The Labute approximate surface area is 235 Å². The number of nitrogens with zero attached hydrogens (tertiary/aromatic N) is 3. The number of ether oxygens (including phenoxy) is 1. The summed E-state index contributed by atoms with van der Waals surface area (Å²) in [5.74, 6) is -2.45. The van der Waals surface area contributed by atoms with Gasteiger partial charge in [-0.3, -0.25) is 14.3 Å². The predicted molar refractivity (Wildman–Crippen MR) is 145 cm³/mol. The second-order valence-corrected chi connectivity index (χ2v) is 10.3. The highest BCUT2D eigenvalue weighted by Crippen LogP contribution is 2.33. The Hall–Kier alpha value is -3.79. The first-order valence-electron chi connectivity index (χ1n) is 13.3. The first-order valence-corrected chi connectivity index (χ1v) is 13.7. The van der Waals surface area contributed by atoms with Gasteiger partial charge in [-0.05, 0) is 44.7 Å². The number of halogens is 3. The Kier molecular flexibility index (Phi) is 8.16. The Morgan fingerprint density at radius 2 is 1.85 bits per heavy atom. The van der Waals surface area contributed by atoms with E-state index in [2.05, 4.69) is 10.4 Å². The van der Waals surface area contributed by atoms with Crippen LogP contribution in [0, 0.1) is 5.82 Å². The molecule has 0 spiro atoms. The number of hydrogen-bond donors (Lipinski definition) is 1. The summed E-state index contributed by atoms with van der Waals surface area (Å²) in [6.07, 6.45) is 1.44.